The van der Waals surface area contributed by atoms with E-state index in [4.69, 9.17) is 4.74 Å². The number of nitrogens with zero attached hydrogens (tertiary/aromatic N) is 4. The van der Waals surface area contributed by atoms with Gasteiger partial charge in [-0.1, -0.05) is 18.2 Å². The molecule has 1 aromatic carbocycles. The van der Waals surface area contributed by atoms with E-state index < -0.39 is 5.97 Å². The Balaban J connectivity index is 1.76. The molecule has 0 aliphatic rings. The number of nitriles is 2. The van der Waals surface area contributed by atoms with E-state index in [1.165, 1.54) is 6.08 Å². The highest BCUT2D eigenvalue weighted by molar-refractivity contribution is 5.97. The molecule has 0 saturated heterocycles. The van der Waals surface area contributed by atoms with Crippen molar-refractivity contribution in [2.75, 3.05) is 19.0 Å². The third-order valence-electron chi connectivity index (χ3n) is 4.29. The molecule has 0 radical (unpaired) electrons. The van der Waals surface area contributed by atoms with Gasteiger partial charge in [-0.15, -0.1) is 0 Å². The zero-order chi connectivity index (χ0) is 20.1. The quantitative estimate of drug-likeness (QED) is 0.390. The number of aromatic nitrogens is 1. The fraction of sp³-hybridized carbons (Fsp3) is 0.136. The van der Waals surface area contributed by atoms with Crippen LogP contribution in [-0.4, -0.2) is 24.5 Å². The maximum absolute atomic E-state index is 12.3. The van der Waals surface area contributed by atoms with Gasteiger partial charge in [-0.2, -0.15) is 10.5 Å². The summed E-state index contributed by atoms with van der Waals surface area (Å²) < 4.78 is 7.09. The first kappa shape index (κ1) is 18.8. The highest BCUT2D eigenvalue weighted by Crippen LogP contribution is 2.19. The molecule has 0 fully saturated rings. The minimum Gasteiger partial charge on any atom is -0.457 e. The van der Waals surface area contributed by atoms with Crippen LogP contribution in [0.2, 0.25) is 0 Å². The topological polar surface area (TPSA) is 81.5 Å². The van der Waals surface area contributed by atoms with Crippen molar-refractivity contribution in [1.82, 2.24) is 4.40 Å². The van der Waals surface area contributed by atoms with Gasteiger partial charge in [0.2, 0.25) is 0 Å². The zero-order valence-electron chi connectivity index (χ0n) is 15.6. The third kappa shape index (κ3) is 3.87. The summed E-state index contributed by atoms with van der Waals surface area (Å²) in [6.45, 7) is -0.0814. The van der Waals surface area contributed by atoms with E-state index in [1.807, 2.05) is 73.7 Å². The van der Waals surface area contributed by atoms with Gasteiger partial charge >= 0.3 is 5.97 Å². The van der Waals surface area contributed by atoms with Crippen LogP contribution < -0.4 is 4.90 Å². The lowest BCUT2D eigenvalue weighted by molar-refractivity contribution is -0.139. The molecule has 3 rings (SSSR count). The van der Waals surface area contributed by atoms with Crippen molar-refractivity contribution in [2.45, 2.75) is 6.61 Å². The van der Waals surface area contributed by atoms with Gasteiger partial charge in [-0.05, 0) is 35.9 Å². The van der Waals surface area contributed by atoms with Gasteiger partial charge in [-0.3, -0.25) is 0 Å². The molecule has 6 heteroatoms. The Hall–Kier alpha value is -4.03. The standard InChI is InChI=1S/C22H18N4O2/c1-25(2)19-8-6-16(7-9-19)11-17(12-23)22(27)28-15-18-14-26-10-4-3-5-21(26)20(18)13-24/h3-11,14H,15H2,1-2H3/b17-11+. The number of carbonyl (C=O) groups excluding carboxylic acids is 1. The maximum atomic E-state index is 12.3. The van der Waals surface area contributed by atoms with Gasteiger partial charge < -0.3 is 14.0 Å². The number of rotatable bonds is 5. The molecule has 2 heterocycles. The Kier molecular flexibility index (Phi) is 5.43. The Morgan fingerprint density at radius 1 is 1.18 bits per heavy atom. The Bertz CT molecular complexity index is 1130. The van der Waals surface area contributed by atoms with E-state index in [0.29, 0.717) is 11.1 Å². The minimum absolute atomic E-state index is 0.0814. The van der Waals surface area contributed by atoms with E-state index in [9.17, 15) is 15.3 Å². The summed E-state index contributed by atoms with van der Waals surface area (Å²) in [5.74, 6) is -0.724. The third-order valence-corrected chi connectivity index (χ3v) is 4.29. The van der Waals surface area contributed by atoms with Gasteiger partial charge in [0.05, 0.1) is 11.1 Å². The predicted octanol–water partition coefficient (Wildman–Crippen LogP) is 3.53. The number of hydrogen-bond acceptors (Lipinski definition) is 5. The largest absolute Gasteiger partial charge is 0.457 e. The number of carbonyl (C=O) groups is 1. The van der Waals surface area contributed by atoms with E-state index >= 15 is 0 Å². The number of pyridine rings is 1. The smallest absolute Gasteiger partial charge is 0.349 e. The molecule has 0 saturated carbocycles. The van der Waals surface area contributed by atoms with Crippen LogP contribution in [0.3, 0.4) is 0 Å². The number of fused-ring (bicyclic) bond motifs is 1. The molecule has 0 aliphatic heterocycles. The van der Waals surface area contributed by atoms with Crippen molar-refractivity contribution in [3.63, 3.8) is 0 Å². The molecule has 0 unspecified atom stereocenters. The van der Waals surface area contributed by atoms with E-state index in [2.05, 4.69) is 6.07 Å². The van der Waals surface area contributed by atoms with Crippen LogP contribution in [0.25, 0.3) is 11.6 Å². The van der Waals surface area contributed by atoms with Crippen LogP contribution in [0.15, 0.2) is 60.4 Å². The summed E-state index contributed by atoms with van der Waals surface area (Å²) in [5.41, 5.74) is 3.44. The molecule has 0 aliphatic carbocycles. The van der Waals surface area contributed by atoms with Crippen LogP contribution in [0.5, 0.6) is 0 Å². The lowest BCUT2D eigenvalue weighted by Crippen LogP contribution is -2.08. The van der Waals surface area contributed by atoms with Crippen LogP contribution >= 0.6 is 0 Å². The first-order chi connectivity index (χ1) is 13.5. The fourth-order valence-electron chi connectivity index (χ4n) is 2.81. The van der Waals surface area contributed by atoms with Crippen LogP contribution in [0, 0.1) is 22.7 Å². The molecular formula is C22H18N4O2. The van der Waals surface area contributed by atoms with Gasteiger partial charge in [0, 0.05) is 37.7 Å². The van der Waals surface area contributed by atoms with Crippen molar-refractivity contribution in [1.29, 1.82) is 10.5 Å². The summed E-state index contributed by atoms with van der Waals surface area (Å²) in [6, 6.07) is 17.0. The van der Waals surface area contributed by atoms with E-state index in [-0.39, 0.29) is 12.2 Å². The SMILES string of the molecule is CN(C)c1ccc(/C=C(\C#N)C(=O)OCc2cn3ccccc3c2C#N)cc1. The van der Waals surface area contributed by atoms with Crippen molar-refractivity contribution < 1.29 is 9.53 Å². The summed E-state index contributed by atoms with van der Waals surface area (Å²) in [6.07, 6.45) is 5.06. The molecule has 6 nitrogen and oxygen atoms in total. The zero-order valence-corrected chi connectivity index (χ0v) is 15.6. The van der Waals surface area contributed by atoms with Crippen LogP contribution in [0.1, 0.15) is 16.7 Å². The Morgan fingerprint density at radius 3 is 2.57 bits per heavy atom. The van der Waals surface area contributed by atoms with Gasteiger partial charge in [0.15, 0.2) is 0 Å². The molecule has 0 atom stereocenters. The maximum Gasteiger partial charge on any atom is 0.349 e. The lowest BCUT2D eigenvalue weighted by atomic mass is 10.1. The monoisotopic (exact) mass is 370 g/mol. The molecule has 138 valence electrons. The molecule has 3 aromatic rings. The van der Waals surface area contributed by atoms with Crippen LogP contribution in [0.4, 0.5) is 5.69 Å². The minimum atomic E-state index is -0.724. The fourth-order valence-corrected chi connectivity index (χ4v) is 2.81. The second-order valence-corrected chi connectivity index (χ2v) is 6.37. The molecule has 0 bridgehead atoms. The van der Waals surface area contributed by atoms with E-state index in [1.54, 1.807) is 10.6 Å². The van der Waals surface area contributed by atoms with Crippen molar-refractivity contribution in [3.8, 4) is 12.1 Å². The summed E-state index contributed by atoms with van der Waals surface area (Å²) >= 11 is 0. The van der Waals surface area contributed by atoms with Crippen molar-refractivity contribution >= 4 is 23.2 Å². The van der Waals surface area contributed by atoms with Gasteiger partial charge in [-0.25, -0.2) is 4.79 Å². The summed E-state index contributed by atoms with van der Waals surface area (Å²) in [4.78, 5) is 14.3. The number of ether oxygens (including phenoxy) is 1. The second kappa shape index (κ2) is 8.11. The van der Waals surface area contributed by atoms with E-state index in [0.717, 1.165) is 16.8 Å². The molecule has 0 N–H and O–H groups in total. The van der Waals surface area contributed by atoms with Gasteiger partial charge in [0.25, 0.3) is 0 Å². The predicted molar refractivity (Wildman–Crippen MR) is 106 cm³/mol. The first-order valence-corrected chi connectivity index (χ1v) is 8.58. The highest BCUT2D eigenvalue weighted by atomic mass is 16.5. The normalized spacial score (nSPS) is 10.9. The molecule has 0 amide bonds. The van der Waals surface area contributed by atoms with Crippen LogP contribution in [-0.2, 0) is 16.1 Å². The number of anilines is 1. The van der Waals surface area contributed by atoms with Gasteiger partial charge in [0.1, 0.15) is 24.3 Å². The molecule has 2 aromatic heterocycles. The number of benzene rings is 1. The molecular weight excluding hydrogens is 352 g/mol. The summed E-state index contributed by atoms with van der Waals surface area (Å²) in [5, 5.41) is 18.7. The van der Waals surface area contributed by atoms with Crippen molar-refractivity contribution in [2.24, 2.45) is 0 Å². The highest BCUT2D eigenvalue weighted by Gasteiger charge is 2.15. The first-order valence-electron chi connectivity index (χ1n) is 8.58. The number of hydrogen-bond donors (Lipinski definition) is 0. The Labute approximate surface area is 163 Å². The molecule has 0 spiro atoms. The second-order valence-electron chi connectivity index (χ2n) is 6.37. The van der Waals surface area contributed by atoms with Crippen molar-refractivity contribution in [3.05, 3.63) is 77.1 Å². The summed E-state index contributed by atoms with van der Waals surface area (Å²) in [7, 11) is 3.87. The average molecular weight is 370 g/mol. The lowest BCUT2D eigenvalue weighted by Gasteiger charge is -2.11. The number of esters is 1. The average Bonchev–Trinajstić information content (AvgIpc) is 3.08. The molecule has 28 heavy (non-hydrogen) atoms. The Morgan fingerprint density at radius 2 is 1.93 bits per heavy atom.